The summed E-state index contributed by atoms with van der Waals surface area (Å²) < 4.78 is 6.15. The Kier molecular flexibility index (Phi) is 6.70. The molecule has 0 aliphatic heterocycles. The molecule has 0 aromatic carbocycles. The fraction of sp³-hybridized carbons (Fsp3) is 0.828. The molecule has 0 aromatic heterocycles. The van der Waals surface area contributed by atoms with Gasteiger partial charge in [-0.3, -0.25) is 14.4 Å². The molecule has 4 aliphatic carbocycles. The summed E-state index contributed by atoms with van der Waals surface area (Å²) in [4.78, 5) is 36.7. The Bertz CT molecular complexity index is 841. The Balaban J connectivity index is 1.63. The van der Waals surface area contributed by atoms with Crippen LogP contribution in [0.15, 0.2) is 11.6 Å². The van der Waals surface area contributed by atoms with Gasteiger partial charge < -0.3 is 4.74 Å². The van der Waals surface area contributed by atoms with Crippen LogP contribution in [0.2, 0.25) is 0 Å². The molecule has 8 atom stereocenters. The molecular formula is C29H44O4. The third kappa shape index (κ3) is 4.14. The normalized spacial score (nSPS) is 41.0. The van der Waals surface area contributed by atoms with Crippen molar-refractivity contribution in [3.63, 3.8) is 0 Å². The molecule has 0 radical (unpaired) electrons. The average molecular weight is 457 g/mol. The van der Waals surface area contributed by atoms with Gasteiger partial charge >= 0.3 is 5.97 Å². The third-order valence-electron chi connectivity index (χ3n) is 10.6. The van der Waals surface area contributed by atoms with Crippen molar-refractivity contribution in [1.82, 2.24) is 0 Å². The van der Waals surface area contributed by atoms with Crippen LogP contribution in [0.5, 0.6) is 0 Å². The number of rotatable bonds is 6. The van der Waals surface area contributed by atoms with Gasteiger partial charge in [0, 0.05) is 31.1 Å². The zero-order valence-electron chi connectivity index (χ0n) is 21.6. The number of ketones is 2. The number of esters is 1. The van der Waals surface area contributed by atoms with Crippen LogP contribution in [0.3, 0.4) is 0 Å². The van der Waals surface area contributed by atoms with Gasteiger partial charge in [0.15, 0.2) is 5.78 Å². The van der Waals surface area contributed by atoms with Crippen molar-refractivity contribution in [2.45, 2.75) is 105 Å². The van der Waals surface area contributed by atoms with Crippen molar-refractivity contribution in [3.05, 3.63) is 11.6 Å². The van der Waals surface area contributed by atoms with Crippen LogP contribution in [0.25, 0.3) is 0 Å². The van der Waals surface area contributed by atoms with E-state index in [1.807, 2.05) is 19.9 Å². The van der Waals surface area contributed by atoms with Crippen molar-refractivity contribution >= 4 is 17.5 Å². The van der Waals surface area contributed by atoms with Crippen molar-refractivity contribution in [2.75, 3.05) is 0 Å². The molecule has 0 bridgehead atoms. The van der Waals surface area contributed by atoms with E-state index in [2.05, 4.69) is 20.8 Å². The highest BCUT2D eigenvalue weighted by atomic mass is 16.5. The van der Waals surface area contributed by atoms with Crippen LogP contribution in [0.4, 0.5) is 0 Å². The maximum absolute atomic E-state index is 12.3. The molecule has 4 aliphatic rings. The van der Waals surface area contributed by atoms with Crippen LogP contribution < -0.4 is 0 Å². The second-order valence-corrected chi connectivity index (χ2v) is 12.5. The molecule has 0 aromatic rings. The summed E-state index contributed by atoms with van der Waals surface area (Å²) in [5.41, 5.74) is 1.37. The molecule has 3 fully saturated rings. The lowest BCUT2D eigenvalue weighted by molar-refractivity contribution is -0.181. The quantitative estimate of drug-likeness (QED) is 0.439. The molecule has 33 heavy (non-hydrogen) atoms. The van der Waals surface area contributed by atoms with Crippen LogP contribution in [-0.2, 0) is 19.1 Å². The molecule has 0 amide bonds. The molecule has 0 N–H and O–H groups in total. The highest BCUT2D eigenvalue weighted by molar-refractivity contribution is 5.91. The van der Waals surface area contributed by atoms with Crippen LogP contribution in [0, 0.1) is 46.3 Å². The molecule has 0 spiro atoms. The molecule has 4 heteroatoms. The predicted molar refractivity (Wildman–Crippen MR) is 129 cm³/mol. The summed E-state index contributed by atoms with van der Waals surface area (Å²) in [6, 6.07) is 0. The lowest BCUT2D eigenvalue weighted by Gasteiger charge is -2.60. The average Bonchev–Trinajstić information content (AvgIpc) is 3.11. The first kappa shape index (κ1) is 24.7. The predicted octanol–water partition coefficient (Wildman–Crippen LogP) is 6.32. The SMILES string of the molecule is CC(=O)O[C@@H]1C[C@H]2[C@@H](CCC3=CC(=O)CC[C@@]32C)[C@@H]2CC[C@H]([C@H](C)CCC(=O)C(C)C)[C@@]12C. The van der Waals surface area contributed by atoms with Gasteiger partial charge in [-0.2, -0.15) is 0 Å². The van der Waals surface area contributed by atoms with E-state index in [0.717, 1.165) is 38.5 Å². The fourth-order valence-corrected chi connectivity index (χ4v) is 8.69. The number of carbonyl (C=O) groups is 3. The number of fused-ring (bicyclic) bond motifs is 5. The van der Waals surface area contributed by atoms with Crippen LogP contribution >= 0.6 is 0 Å². The van der Waals surface area contributed by atoms with Gasteiger partial charge in [0.1, 0.15) is 11.9 Å². The van der Waals surface area contributed by atoms with Crippen LogP contribution in [0.1, 0.15) is 99.3 Å². The highest BCUT2D eigenvalue weighted by Gasteiger charge is 2.64. The summed E-state index contributed by atoms with van der Waals surface area (Å²) in [6.45, 7) is 12.6. The summed E-state index contributed by atoms with van der Waals surface area (Å²) >= 11 is 0. The highest BCUT2D eigenvalue weighted by Crippen LogP contribution is 2.68. The topological polar surface area (TPSA) is 60.4 Å². The minimum absolute atomic E-state index is 0.0325. The summed E-state index contributed by atoms with van der Waals surface area (Å²) in [5, 5.41) is 0. The van der Waals surface area contributed by atoms with E-state index in [9.17, 15) is 14.4 Å². The van der Waals surface area contributed by atoms with Gasteiger partial charge in [0.2, 0.25) is 0 Å². The third-order valence-corrected chi connectivity index (χ3v) is 10.6. The van der Waals surface area contributed by atoms with E-state index in [4.69, 9.17) is 4.74 Å². The first-order valence-electron chi connectivity index (χ1n) is 13.4. The smallest absolute Gasteiger partial charge is 0.302 e. The summed E-state index contributed by atoms with van der Waals surface area (Å²) in [7, 11) is 0. The molecule has 0 heterocycles. The van der Waals surface area contributed by atoms with Crippen molar-refractivity contribution in [2.24, 2.45) is 46.3 Å². The lowest BCUT2D eigenvalue weighted by atomic mass is 9.45. The van der Waals surface area contributed by atoms with Crippen molar-refractivity contribution in [1.29, 1.82) is 0 Å². The van der Waals surface area contributed by atoms with E-state index in [1.54, 1.807) is 6.92 Å². The summed E-state index contributed by atoms with van der Waals surface area (Å²) in [5.74, 6) is 3.13. The van der Waals surface area contributed by atoms with Crippen molar-refractivity contribution < 1.29 is 19.1 Å². The van der Waals surface area contributed by atoms with Gasteiger partial charge in [0.05, 0.1) is 0 Å². The fourth-order valence-electron chi connectivity index (χ4n) is 8.69. The van der Waals surface area contributed by atoms with Crippen molar-refractivity contribution in [3.8, 4) is 0 Å². The standard InChI is InChI=1S/C29H44O4/c1-17(2)26(32)12-7-18(3)23-10-11-24-22-9-8-20-15-21(31)13-14-28(20,5)25(22)16-27(29(23,24)6)33-19(4)30/h15,17-18,22-25,27H,7-14,16H2,1-6H3/t18-,22+,23-,24+,25+,27-,28+,29-/m1/s1. The Morgan fingerprint density at radius 3 is 2.48 bits per heavy atom. The van der Waals surface area contributed by atoms with Crippen LogP contribution in [-0.4, -0.2) is 23.6 Å². The Labute approximate surface area is 200 Å². The van der Waals surface area contributed by atoms with E-state index in [1.165, 1.54) is 12.0 Å². The monoisotopic (exact) mass is 456 g/mol. The molecule has 184 valence electrons. The van der Waals surface area contributed by atoms with E-state index in [-0.39, 0.29) is 34.6 Å². The van der Waals surface area contributed by atoms with Gasteiger partial charge in [-0.15, -0.1) is 0 Å². The molecule has 0 saturated heterocycles. The van der Waals surface area contributed by atoms with Gasteiger partial charge in [-0.05, 0) is 86.0 Å². The van der Waals surface area contributed by atoms with Gasteiger partial charge in [-0.25, -0.2) is 0 Å². The molecule has 3 saturated carbocycles. The minimum atomic E-state index is -0.178. The maximum Gasteiger partial charge on any atom is 0.302 e. The molecule has 0 unspecified atom stereocenters. The Morgan fingerprint density at radius 1 is 1.09 bits per heavy atom. The van der Waals surface area contributed by atoms with Gasteiger partial charge in [0.25, 0.3) is 0 Å². The van der Waals surface area contributed by atoms with E-state index in [0.29, 0.717) is 48.2 Å². The molecular weight excluding hydrogens is 412 g/mol. The maximum atomic E-state index is 12.3. The molecule has 4 nitrogen and oxygen atoms in total. The van der Waals surface area contributed by atoms with E-state index < -0.39 is 0 Å². The first-order valence-corrected chi connectivity index (χ1v) is 13.4. The lowest BCUT2D eigenvalue weighted by Crippen LogP contribution is -2.57. The number of ether oxygens (including phenoxy) is 1. The largest absolute Gasteiger partial charge is 0.462 e. The number of hydrogen-bond acceptors (Lipinski definition) is 4. The van der Waals surface area contributed by atoms with Gasteiger partial charge in [-0.1, -0.05) is 40.2 Å². The molecule has 4 rings (SSSR count). The number of allylic oxidation sites excluding steroid dienone is 1. The second-order valence-electron chi connectivity index (χ2n) is 12.5. The second kappa shape index (κ2) is 8.96. The number of hydrogen-bond donors (Lipinski definition) is 0. The van der Waals surface area contributed by atoms with E-state index >= 15 is 0 Å². The summed E-state index contributed by atoms with van der Waals surface area (Å²) in [6.07, 6.45) is 10.5. The minimum Gasteiger partial charge on any atom is -0.462 e. The number of Topliss-reactive ketones (excluding diaryl/α,β-unsaturated/α-hetero) is 1. The Hall–Kier alpha value is -1.45. The first-order chi connectivity index (χ1) is 15.5. The Morgan fingerprint density at radius 2 is 1.82 bits per heavy atom. The zero-order chi connectivity index (χ0) is 24.1. The zero-order valence-corrected chi connectivity index (χ0v) is 21.6. The number of carbonyl (C=O) groups excluding carboxylic acids is 3.